The molecule has 2 aromatic carbocycles. The van der Waals surface area contributed by atoms with Crippen LogP contribution in [0.3, 0.4) is 0 Å². The first kappa shape index (κ1) is 33.3. The first-order valence-electron chi connectivity index (χ1n) is 9.66. The van der Waals surface area contributed by atoms with E-state index in [1.54, 1.807) is 72.8 Å². The van der Waals surface area contributed by atoms with Crippen molar-refractivity contribution in [3.63, 3.8) is 0 Å². The number of rotatable bonds is 6. The molecule has 0 aliphatic rings. The largest absolute Gasteiger partial charge is 2.00 e. The minimum Gasteiger partial charge on any atom is -0.857 e. The molecule has 0 saturated carbocycles. The van der Waals surface area contributed by atoms with Gasteiger partial charge in [0.15, 0.2) is 0 Å². The molecule has 37 heavy (non-hydrogen) atoms. The zero-order valence-electron chi connectivity index (χ0n) is 18.7. The molecule has 0 bridgehead atoms. The molecule has 10 nitrogen and oxygen atoms in total. The van der Waals surface area contributed by atoms with E-state index in [-0.39, 0.29) is 27.4 Å². The molecular weight excluding hydrogens is 570 g/mol. The number of benzene rings is 2. The standard InChI is InChI=1S/2C12H9ClN2O2.Ni.2H2O/c2*13-10-5-3-9(4-6-10)12(16)15-14-8-11-2-1-7-17-11;;;/h2*1-8H,(H,15,16);;2*1H2/q;;+2;;/p-2/b2*14-8+;;;. The fourth-order valence-electron chi connectivity index (χ4n) is 2.31. The van der Waals surface area contributed by atoms with Crippen LogP contribution in [0.4, 0.5) is 0 Å². The first-order valence-corrected chi connectivity index (χ1v) is 10.4. The zero-order valence-corrected chi connectivity index (χ0v) is 21.2. The van der Waals surface area contributed by atoms with E-state index < -0.39 is 11.8 Å². The predicted octanol–water partition coefficient (Wildman–Crippen LogP) is 2.50. The summed E-state index contributed by atoms with van der Waals surface area (Å²) in [5, 5.41) is 38.5. The Balaban J connectivity index is 0.000000648. The van der Waals surface area contributed by atoms with Crippen molar-refractivity contribution in [2.24, 2.45) is 20.4 Å². The average Bonchev–Trinajstić information content (AvgIpc) is 3.55. The van der Waals surface area contributed by atoms with Gasteiger partial charge in [0.2, 0.25) is 0 Å². The molecule has 2 heterocycles. The van der Waals surface area contributed by atoms with E-state index in [4.69, 9.17) is 32.0 Å². The van der Waals surface area contributed by atoms with Crippen molar-refractivity contribution in [3.05, 3.63) is 118 Å². The molecule has 0 aliphatic heterocycles. The molecule has 0 spiro atoms. The van der Waals surface area contributed by atoms with Gasteiger partial charge in [0.1, 0.15) is 11.5 Å². The summed E-state index contributed by atoms with van der Waals surface area (Å²) in [5.74, 6) is 0.226. The van der Waals surface area contributed by atoms with E-state index >= 15 is 0 Å². The van der Waals surface area contributed by atoms with Gasteiger partial charge in [-0.1, -0.05) is 47.5 Å². The third-order valence-corrected chi connectivity index (χ3v) is 4.44. The number of hydrogen-bond acceptors (Lipinski definition) is 8. The third kappa shape index (κ3) is 11.7. The Morgan fingerprint density at radius 2 is 0.973 bits per heavy atom. The van der Waals surface area contributed by atoms with Gasteiger partial charge < -0.3 is 30.0 Å². The van der Waals surface area contributed by atoms with Gasteiger partial charge in [-0.15, -0.1) is 0 Å². The van der Waals surface area contributed by atoms with E-state index in [9.17, 15) is 10.2 Å². The summed E-state index contributed by atoms with van der Waals surface area (Å²) in [7, 11) is 0. The maximum absolute atomic E-state index is 11.5. The van der Waals surface area contributed by atoms with E-state index in [1.165, 1.54) is 25.0 Å². The van der Waals surface area contributed by atoms with Gasteiger partial charge in [-0.2, -0.15) is 20.4 Å². The van der Waals surface area contributed by atoms with Gasteiger partial charge in [-0.3, -0.25) is 0 Å². The molecule has 0 radical (unpaired) electrons. The minimum atomic E-state index is -0.426. The summed E-state index contributed by atoms with van der Waals surface area (Å²) in [6.45, 7) is 0. The van der Waals surface area contributed by atoms with E-state index in [1.807, 2.05) is 0 Å². The normalized spacial score (nSPS) is 11.2. The molecule has 4 rings (SSSR count). The van der Waals surface area contributed by atoms with Crippen LogP contribution in [0.15, 0.2) is 115 Å². The Morgan fingerprint density at radius 3 is 1.27 bits per heavy atom. The Bertz CT molecular complexity index is 1170. The van der Waals surface area contributed by atoms with Gasteiger partial charge in [-0.05, 0) is 59.7 Å². The second-order valence-corrected chi connectivity index (χ2v) is 7.22. The van der Waals surface area contributed by atoms with Crippen LogP contribution in [0.1, 0.15) is 22.6 Å². The molecule has 13 heteroatoms. The van der Waals surface area contributed by atoms with Crippen molar-refractivity contribution < 1.29 is 46.5 Å². The fraction of sp³-hybridized carbons (Fsp3) is 0. The fourth-order valence-corrected chi connectivity index (χ4v) is 2.56. The number of hydrogen-bond donors (Lipinski definition) is 0. The molecule has 4 N–H and O–H groups in total. The van der Waals surface area contributed by atoms with Crippen molar-refractivity contribution in [2.45, 2.75) is 0 Å². The van der Waals surface area contributed by atoms with E-state index in [0.29, 0.717) is 32.7 Å². The van der Waals surface area contributed by atoms with E-state index in [2.05, 4.69) is 20.4 Å². The summed E-state index contributed by atoms with van der Waals surface area (Å²) in [4.78, 5) is 0. The maximum atomic E-state index is 11.5. The Hall–Kier alpha value is -3.73. The van der Waals surface area contributed by atoms with Crippen molar-refractivity contribution in [2.75, 3.05) is 0 Å². The van der Waals surface area contributed by atoms with Crippen molar-refractivity contribution in [3.8, 4) is 0 Å². The zero-order chi connectivity index (χ0) is 24.2. The maximum Gasteiger partial charge on any atom is 2.00 e. The number of furan rings is 2. The van der Waals surface area contributed by atoms with Crippen LogP contribution in [0, 0.1) is 0 Å². The van der Waals surface area contributed by atoms with Crippen LogP contribution >= 0.6 is 23.2 Å². The summed E-state index contributed by atoms with van der Waals surface area (Å²) in [5.41, 5.74) is 0.872. The molecule has 196 valence electrons. The minimum absolute atomic E-state index is 0. The van der Waals surface area contributed by atoms with Gasteiger partial charge in [0.25, 0.3) is 0 Å². The van der Waals surface area contributed by atoms with Crippen molar-refractivity contribution >= 4 is 47.4 Å². The van der Waals surface area contributed by atoms with Crippen molar-refractivity contribution in [1.82, 2.24) is 0 Å². The molecule has 0 saturated heterocycles. The van der Waals surface area contributed by atoms with E-state index in [0.717, 1.165) is 0 Å². The first-order chi connectivity index (χ1) is 16.5. The van der Waals surface area contributed by atoms with Crippen LogP contribution in [0.25, 0.3) is 0 Å². The van der Waals surface area contributed by atoms with Gasteiger partial charge >= 0.3 is 16.5 Å². The summed E-state index contributed by atoms with van der Waals surface area (Å²) in [6, 6.07) is 19.8. The Kier molecular flexibility index (Phi) is 15.9. The summed E-state index contributed by atoms with van der Waals surface area (Å²) < 4.78 is 10.00. The Morgan fingerprint density at radius 1 is 0.622 bits per heavy atom. The average molecular weight is 590 g/mol. The molecular formula is C24H20Cl2N4NiO6. The molecule has 0 aliphatic carbocycles. The smallest absolute Gasteiger partial charge is 0.857 e. The SMILES string of the molecule is O.O.[Ni+2].[O-]/C(=N\N=C\c1ccco1)c1ccc(Cl)cc1.[O-]/C(=N\N=C\c1ccco1)c1ccc(Cl)cc1. The topological polar surface area (TPSA) is 185 Å². The second kappa shape index (κ2) is 17.7. The monoisotopic (exact) mass is 588 g/mol. The van der Waals surface area contributed by atoms with Crippen LogP contribution < -0.4 is 10.2 Å². The third-order valence-electron chi connectivity index (χ3n) is 3.94. The molecule has 0 fully saturated rings. The Labute approximate surface area is 231 Å². The van der Waals surface area contributed by atoms with Crippen LogP contribution in [-0.4, -0.2) is 35.2 Å². The van der Waals surface area contributed by atoms with Crippen molar-refractivity contribution in [1.29, 1.82) is 0 Å². The van der Waals surface area contributed by atoms with Gasteiger partial charge in [-0.25, -0.2) is 0 Å². The van der Waals surface area contributed by atoms with Gasteiger partial charge in [0.05, 0.1) is 25.0 Å². The van der Waals surface area contributed by atoms with Crippen LogP contribution in [0.2, 0.25) is 10.0 Å². The van der Waals surface area contributed by atoms with Crippen LogP contribution in [-0.2, 0) is 16.5 Å². The molecule has 4 aromatic rings. The molecule has 0 unspecified atom stereocenters. The number of halogens is 2. The van der Waals surface area contributed by atoms with Gasteiger partial charge in [0, 0.05) is 21.8 Å². The number of nitrogens with zero attached hydrogens (tertiary/aromatic N) is 4. The predicted molar refractivity (Wildman–Crippen MR) is 136 cm³/mol. The second-order valence-electron chi connectivity index (χ2n) is 6.34. The van der Waals surface area contributed by atoms with Crippen LogP contribution in [0.5, 0.6) is 0 Å². The molecule has 0 amide bonds. The quantitative estimate of drug-likeness (QED) is 0.145. The summed E-state index contributed by atoms with van der Waals surface area (Å²) >= 11 is 11.4. The molecule has 0 atom stereocenters. The molecule has 2 aromatic heterocycles. The summed E-state index contributed by atoms with van der Waals surface area (Å²) in [6.07, 6.45) is 5.77.